The summed E-state index contributed by atoms with van der Waals surface area (Å²) in [6.07, 6.45) is -5.33. The molecule has 0 aliphatic carbocycles. The third-order valence-electron chi connectivity index (χ3n) is 3.83. The highest BCUT2D eigenvalue weighted by Gasteiger charge is 2.34. The van der Waals surface area contributed by atoms with Crippen molar-refractivity contribution in [3.8, 4) is 11.5 Å². The fourth-order valence-electron chi connectivity index (χ4n) is 2.53. The third-order valence-corrected chi connectivity index (χ3v) is 3.83. The highest BCUT2D eigenvalue weighted by Crippen LogP contribution is 2.38. The summed E-state index contributed by atoms with van der Waals surface area (Å²) in [7, 11) is 0. The van der Waals surface area contributed by atoms with Crippen LogP contribution in [0.3, 0.4) is 0 Å². The fourth-order valence-corrected chi connectivity index (χ4v) is 2.53. The van der Waals surface area contributed by atoms with Crippen LogP contribution < -0.4 is 15.4 Å². The SMILES string of the molecule is O=C(Nc1ccc(Oc2ccccc2C(F)(F)F)c(F)c1)C1CNCCO1. The van der Waals surface area contributed by atoms with Crippen LogP contribution in [0.25, 0.3) is 0 Å². The summed E-state index contributed by atoms with van der Waals surface area (Å²) in [5.74, 6) is -2.26. The molecule has 1 saturated heterocycles. The van der Waals surface area contributed by atoms with Crippen LogP contribution in [0.1, 0.15) is 5.56 Å². The number of hydrogen-bond acceptors (Lipinski definition) is 4. The van der Waals surface area contributed by atoms with Gasteiger partial charge in [-0.2, -0.15) is 13.2 Å². The predicted molar refractivity (Wildman–Crippen MR) is 89.2 cm³/mol. The number of benzene rings is 2. The number of carbonyl (C=O) groups excluding carboxylic acids is 1. The number of halogens is 4. The second-order valence-electron chi connectivity index (χ2n) is 5.79. The van der Waals surface area contributed by atoms with Crippen molar-refractivity contribution >= 4 is 11.6 Å². The van der Waals surface area contributed by atoms with Gasteiger partial charge in [0.05, 0.1) is 12.2 Å². The second-order valence-corrected chi connectivity index (χ2v) is 5.79. The van der Waals surface area contributed by atoms with E-state index in [9.17, 15) is 22.4 Å². The maximum absolute atomic E-state index is 14.3. The maximum Gasteiger partial charge on any atom is 0.419 e. The Balaban J connectivity index is 1.73. The smallest absolute Gasteiger partial charge is 0.419 e. The first-order valence-corrected chi connectivity index (χ1v) is 8.11. The van der Waals surface area contributed by atoms with Crippen LogP contribution in [-0.4, -0.2) is 31.7 Å². The zero-order valence-electron chi connectivity index (χ0n) is 14.0. The van der Waals surface area contributed by atoms with Gasteiger partial charge < -0.3 is 20.1 Å². The largest absolute Gasteiger partial charge is 0.454 e. The molecule has 0 radical (unpaired) electrons. The number of rotatable bonds is 4. The minimum absolute atomic E-state index is 0.142. The number of hydrogen-bond donors (Lipinski definition) is 2. The number of morpholine rings is 1. The number of nitrogens with one attached hydrogen (secondary N) is 2. The molecule has 0 spiro atoms. The minimum Gasteiger partial charge on any atom is -0.454 e. The van der Waals surface area contributed by atoms with Crippen LogP contribution in [0, 0.1) is 5.82 Å². The van der Waals surface area contributed by atoms with Gasteiger partial charge in [-0.3, -0.25) is 4.79 Å². The molecule has 0 aromatic heterocycles. The Morgan fingerprint density at radius 2 is 1.96 bits per heavy atom. The van der Waals surface area contributed by atoms with Crippen LogP contribution in [0.15, 0.2) is 42.5 Å². The van der Waals surface area contributed by atoms with E-state index < -0.39 is 35.3 Å². The molecule has 1 unspecified atom stereocenters. The zero-order chi connectivity index (χ0) is 19.4. The second kappa shape index (κ2) is 7.93. The van der Waals surface area contributed by atoms with Crippen molar-refractivity contribution in [2.24, 2.45) is 0 Å². The summed E-state index contributed by atoms with van der Waals surface area (Å²) in [4.78, 5) is 12.1. The van der Waals surface area contributed by atoms with Gasteiger partial charge in [-0.15, -0.1) is 0 Å². The monoisotopic (exact) mass is 384 g/mol. The summed E-state index contributed by atoms with van der Waals surface area (Å²) in [6, 6.07) is 7.98. The van der Waals surface area contributed by atoms with Crippen LogP contribution >= 0.6 is 0 Å². The number of amides is 1. The predicted octanol–water partition coefficient (Wildman–Crippen LogP) is 3.56. The molecule has 1 aliphatic rings. The molecule has 2 aromatic rings. The molecule has 1 aliphatic heterocycles. The highest BCUT2D eigenvalue weighted by molar-refractivity contribution is 5.94. The molecule has 2 aromatic carbocycles. The van der Waals surface area contributed by atoms with E-state index in [0.717, 1.165) is 24.3 Å². The van der Waals surface area contributed by atoms with Gasteiger partial charge in [-0.25, -0.2) is 4.39 Å². The first-order chi connectivity index (χ1) is 12.8. The molecule has 5 nitrogen and oxygen atoms in total. The first-order valence-electron chi connectivity index (χ1n) is 8.11. The van der Waals surface area contributed by atoms with Gasteiger partial charge in [0.25, 0.3) is 5.91 Å². The number of carbonyl (C=O) groups is 1. The number of para-hydroxylation sites is 1. The van der Waals surface area contributed by atoms with Gasteiger partial charge in [-0.05, 0) is 24.3 Å². The van der Waals surface area contributed by atoms with Crippen molar-refractivity contribution in [2.45, 2.75) is 12.3 Å². The quantitative estimate of drug-likeness (QED) is 0.792. The number of anilines is 1. The van der Waals surface area contributed by atoms with E-state index in [1.165, 1.54) is 18.2 Å². The van der Waals surface area contributed by atoms with E-state index >= 15 is 0 Å². The van der Waals surface area contributed by atoms with Gasteiger partial charge in [0, 0.05) is 24.8 Å². The van der Waals surface area contributed by atoms with Gasteiger partial charge in [-0.1, -0.05) is 12.1 Å². The van der Waals surface area contributed by atoms with Crippen LogP contribution in [-0.2, 0) is 15.7 Å². The molecule has 1 heterocycles. The van der Waals surface area contributed by atoms with Crippen molar-refractivity contribution in [1.82, 2.24) is 5.32 Å². The minimum atomic E-state index is -4.63. The number of alkyl halides is 3. The van der Waals surface area contributed by atoms with Crippen LogP contribution in [0.5, 0.6) is 11.5 Å². The molecule has 1 atom stereocenters. The molecule has 1 fully saturated rings. The Bertz CT molecular complexity index is 820. The lowest BCUT2D eigenvalue weighted by Gasteiger charge is -2.22. The lowest BCUT2D eigenvalue weighted by molar-refractivity contribution is -0.138. The van der Waals surface area contributed by atoms with Gasteiger partial charge in [0.1, 0.15) is 11.9 Å². The summed E-state index contributed by atoms with van der Waals surface area (Å²) < 4.78 is 63.6. The normalized spacial score (nSPS) is 17.4. The molecule has 27 heavy (non-hydrogen) atoms. The standard InChI is InChI=1S/C18H16F4N2O3/c19-13-9-11(24-17(25)16-10-23-7-8-26-16)5-6-15(13)27-14-4-2-1-3-12(14)18(20,21)22/h1-6,9,16,23H,7-8,10H2,(H,24,25). The van der Waals surface area contributed by atoms with Crippen molar-refractivity contribution in [3.63, 3.8) is 0 Å². The Hall–Kier alpha value is -2.65. The van der Waals surface area contributed by atoms with E-state index in [1.807, 2.05) is 0 Å². The van der Waals surface area contributed by atoms with Gasteiger partial charge >= 0.3 is 6.18 Å². The van der Waals surface area contributed by atoms with E-state index in [0.29, 0.717) is 19.7 Å². The summed E-state index contributed by atoms with van der Waals surface area (Å²) >= 11 is 0. The molecule has 9 heteroatoms. The molecule has 0 saturated carbocycles. The molecule has 144 valence electrons. The van der Waals surface area contributed by atoms with E-state index in [-0.39, 0.29) is 11.4 Å². The number of ether oxygens (including phenoxy) is 2. The Morgan fingerprint density at radius 1 is 1.19 bits per heavy atom. The van der Waals surface area contributed by atoms with Crippen molar-refractivity contribution in [2.75, 3.05) is 25.0 Å². The average Bonchev–Trinajstić information content (AvgIpc) is 2.64. The Kier molecular flexibility index (Phi) is 5.62. The summed E-state index contributed by atoms with van der Waals surface area (Å²) in [5, 5.41) is 5.49. The van der Waals surface area contributed by atoms with Crippen LogP contribution in [0.4, 0.5) is 23.2 Å². The molecular formula is C18H16F4N2O3. The molecule has 0 bridgehead atoms. The first kappa shape index (κ1) is 19.1. The lowest BCUT2D eigenvalue weighted by Crippen LogP contribution is -2.45. The highest BCUT2D eigenvalue weighted by atomic mass is 19.4. The molecule has 1 amide bonds. The Morgan fingerprint density at radius 3 is 2.63 bits per heavy atom. The van der Waals surface area contributed by atoms with Crippen LogP contribution in [0.2, 0.25) is 0 Å². The van der Waals surface area contributed by atoms with Gasteiger partial charge in [0.15, 0.2) is 11.6 Å². The fraction of sp³-hybridized carbons (Fsp3) is 0.278. The summed E-state index contributed by atoms with van der Waals surface area (Å²) in [5.41, 5.74) is -0.869. The van der Waals surface area contributed by atoms with Crippen molar-refractivity contribution in [1.29, 1.82) is 0 Å². The maximum atomic E-state index is 14.3. The topological polar surface area (TPSA) is 59.6 Å². The third kappa shape index (κ3) is 4.75. The van der Waals surface area contributed by atoms with Crippen molar-refractivity contribution < 1.29 is 31.8 Å². The van der Waals surface area contributed by atoms with E-state index in [4.69, 9.17) is 9.47 Å². The molecule has 3 rings (SSSR count). The Labute approximate surface area is 152 Å². The average molecular weight is 384 g/mol. The lowest BCUT2D eigenvalue weighted by atomic mass is 10.2. The van der Waals surface area contributed by atoms with E-state index in [2.05, 4.69) is 10.6 Å². The van der Waals surface area contributed by atoms with E-state index in [1.54, 1.807) is 0 Å². The van der Waals surface area contributed by atoms with Crippen molar-refractivity contribution in [3.05, 3.63) is 53.8 Å². The molecule has 2 N–H and O–H groups in total. The summed E-state index contributed by atoms with van der Waals surface area (Å²) in [6.45, 7) is 1.37. The molecular weight excluding hydrogens is 368 g/mol. The zero-order valence-corrected chi connectivity index (χ0v) is 14.0. The van der Waals surface area contributed by atoms with Gasteiger partial charge in [0.2, 0.25) is 0 Å².